The minimum atomic E-state index is -0.560. The average Bonchev–Trinajstić information content (AvgIpc) is 3.20. The van der Waals surface area contributed by atoms with Gasteiger partial charge in [0.05, 0.1) is 0 Å². The standard InChI is InChI=1S/C22H28N2O3/c1-13-3-6-16(7-4-13)27-20-10-9-19(22(20)26)23-12-15-5-8-18-17(21(15)25)11-14(2)24-18/h3-4,6-7,11,15,19-20,22-24,26H,5,8-10,12H2,1-2H3. The van der Waals surface area contributed by atoms with E-state index < -0.39 is 6.10 Å². The summed E-state index contributed by atoms with van der Waals surface area (Å²) in [5.41, 5.74) is 4.15. The molecule has 2 aliphatic carbocycles. The molecule has 4 unspecified atom stereocenters. The number of carbonyl (C=O) groups is 1. The molecule has 4 atom stereocenters. The first-order chi connectivity index (χ1) is 13.0. The smallest absolute Gasteiger partial charge is 0.169 e. The molecule has 144 valence electrons. The Labute approximate surface area is 160 Å². The number of H-pyrrole nitrogens is 1. The Bertz CT molecular complexity index is 811. The van der Waals surface area contributed by atoms with E-state index in [1.165, 1.54) is 5.56 Å². The summed E-state index contributed by atoms with van der Waals surface area (Å²) in [7, 11) is 0. The SMILES string of the molecule is Cc1ccc(OC2CCC(NCC3CCc4[nH]c(C)cc4C3=O)C2O)cc1. The molecule has 1 aromatic heterocycles. The molecule has 2 aromatic rings. The summed E-state index contributed by atoms with van der Waals surface area (Å²) in [5.74, 6) is 0.994. The highest BCUT2D eigenvalue weighted by atomic mass is 16.5. The van der Waals surface area contributed by atoms with Crippen LogP contribution in [0.15, 0.2) is 30.3 Å². The fraction of sp³-hybridized carbons (Fsp3) is 0.500. The average molecular weight is 368 g/mol. The Morgan fingerprint density at radius 2 is 1.96 bits per heavy atom. The molecule has 0 spiro atoms. The van der Waals surface area contributed by atoms with Crippen molar-refractivity contribution >= 4 is 5.78 Å². The minimum absolute atomic E-state index is 0.0167. The molecule has 27 heavy (non-hydrogen) atoms. The fourth-order valence-corrected chi connectivity index (χ4v) is 4.31. The molecule has 0 amide bonds. The fourth-order valence-electron chi connectivity index (χ4n) is 4.31. The number of aliphatic hydroxyl groups excluding tert-OH is 1. The lowest BCUT2D eigenvalue weighted by molar-refractivity contribution is 0.0441. The summed E-state index contributed by atoms with van der Waals surface area (Å²) >= 11 is 0. The molecule has 0 radical (unpaired) electrons. The molecular weight excluding hydrogens is 340 g/mol. The minimum Gasteiger partial charge on any atom is -0.488 e. The lowest BCUT2D eigenvalue weighted by Gasteiger charge is -2.25. The molecule has 1 aromatic carbocycles. The summed E-state index contributed by atoms with van der Waals surface area (Å²) in [5, 5.41) is 14.1. The maximum absolute atomic E-state index is 12.7. The zero-order valence-corrected chi connectivity index (χ0v) is 16.0. The number of nitrogens with one attached hydrogen (secondary N) is 2. The molecule has 5 heteroatoms. The van der Waals surface area contributed by atoms with Gasteiger partial charge in [0.25, 0.3) is 0 Å². The number of aromatic amines is 1. The third-order valence-corrected chi connectivity index (χ3v) is 5.90. The number of hydrogen-bond donors (Lipinski definition) is 3. The van der Waals surface area contributed by atoms with Crippen LogP contribution in [0.3, 0.4) is 0 Å². The number of hydrogen-bond acceptors (Lipinski definition) is 4. The summed E-state index contributed by atoms with van der Waals surface area (Å²) in [4.78, 5) is 16.0. The number of Topliss-reactive ketones (excluding diaryl/α,β-unsaturated/α-hetero) is 1. The molecule has 1 heterocycles. The second-order valence-electron chi connectivity index (χ2n) is 8.00. The van der Waals surface area contributed by atoms with Gasteiger partial charge in [-0.15, -0.1) is 0 Å². The van der Waals surface area contributed by atoms with Crippen molar-refractivity contribution in [1.29, 1.82) is 0 Å². The van der Waals surface area contributed by atoms with E-state index in [9.17, 15) is 9.90 Å². The summed E-state index contributed by atoms with van der Waals surface area (Å²) in [6.45, 7) is 4.64. The van der Waals surface area contributed by atoms with Gasteiger partial charge in [0.1, 0.15) is 18.0 Å². The van der Waals surface area contributed by atoms with Gasteiger partial charge in [-0.1, -0.05) is 17.7 Å². The summed E-state index contributed by atoms with van der Waals surface area (Å²) in [6.07, 6.45) is 2.67. The van der Waals surface area contributed by atoms with Crippen LogP contribution in [-0.2, 0) is 6.42 Å². The topological polar surface area (TPSA) is 74.3 Å². The van der Waals surface area contributed by atoms with E-state index in [1.54, 1.807) is 0 Å². The number of aromatic nitrogens is 1. The molecule has 0 aliphatic heterocycles. The predicted octanol–water partition coefficient (Wildman–Crippen LogP) is 2.94. The Morgan fingerprint density at radius 1 is 1.19 bits per heavy atom. The van der Waals surface area contributed by atoms with E-state index in [2.05, 4.69) is 10.3 Å². The van der Waals surface area contributed by atoms with Crippen LogP contribution in [0.1, 0.15) is 46.6 Å². The van der Waals surface area contributed by atoms with Gasteiger partial charge in [0, 0.05) is 35.5 Å². The van der Waals surface area contributed by atoms with E-state index in [0.717, 1.165) is 48.4 Å². The molecule has 2 aliphatic rings. The maximum atomic E-state index is 12.7. The molecule has 3 N–H and O–H groups in total. The molecule has 4 rings (SSSR count). The van der Waals surface area contributed by atoms with E-state index in [4.69, 9.17) is 4.74 Å². The van der Waals surface area contributed by atoms with Crippen molar-refractivity contribution in [1.82, 2.24) is 10.3 Å². The van der Waals surface area contributed by atoms with Gasteiger partial charge in [-0.3, -0.25) is 4.79 Å². The van der Waals surface area contributed by atoms with Crippen molar-refractivity contribution in [3.05, 3.63) is 52.8 Å². The molecule has 0 bridgehead atoms. The monoisotopic (exact) mass is 368 g/mol. The van der Waals surface area contributed by atoms with Gasteiger partial charge in [-0.05, 0) is 57.7 Å². The van der Waals surface area contributed by atoms with E-state index >= 15 is 0 Å². The Morgan fingerprint density at radius 3 is 2.74 bits per heavy atom. The number of ketones is 1. The Hall–Kier alpha value is -2.11. The lowest BCUT2D eigenvalue weighted by atomic mass is 9.86. The molecule has 0 saturated heterocycles. The largest absolute Gasteiger partial charge is 0.488 e. The third kappa shape index (κ3) is 3.80. The van der Waals surface area contributed by atoms with Gasteiger partial charge in [-0.2, -0.15) is 0 Å². The zero-order chi connectivity index (χ0) is 19.0. The molecular formula is C22H28N2O3. The number of ether oxygens (including phenoxy) is 1. The van der Waals surface area contributed by atoms with Crippen molar-refractivity contribution in [2.45, 2.75) is 57.8 Å². The predicted molar refractivity (Wildman–Crippen MR) is 104 cm³/mol. The second-order valence-corrected chi connectivity index (χ2v) is 8.00. The van der Waals surface area contributed by atoms with Crippen LogP contribution in [0.2, 0.25) is 0 Å². The van der Waals surface area contributed by atoms with Crippen molar-refractivity contribution in [2.75, 3.05) is 6.54 Å². The van der Waals surface area contributed by atoms with Crippen LogP contribution in [-0.4, -0.2) is 40.7 Å². The van der Waals surface area contributed by atoms with Crippen molar-refractivity contribution in [3.8, 4) is 5.75 Å². The van der Waals surface area contributed by atoms with Crippen LogP contribution in [0, 0.1) is 19.8 Å². The number of fused-ring (bicyclic) bond motifs is 1. The van der Waals surface area contributed by atoms with Crippen LogP contribution >= 0.6 is 0 Å². The van der Waals surface area contributed by atoms with Crippen LogP contribution in [0.25, 0.3) is 0 Å². The Kier molecular flexibility index (Phi) is 5.06. The van der Waals surface area contributed by atoms with E-state index in [-0.39, 0.29) is 23.8 Å². The second kappa shape index (κ2) is 7.49. The normalized spacial score (nSPS) is 27.6. The summed E-state index contributed by atoms with van der Waals surface area (Å²) in [6, 6.07) is 9.85. The Balaban J connectivity index is 1.31. The van der Waals surface area contributed by atoms with Gasteiger partial charge < -0.3 is 20.1 Å². The van der Waals surface area contributed by atoms with E-state index in [1.807, 2.05) is 44.2 Å². The van der Waals surface area contributed by atoms with Gasteiger partial charge >= 0.3 is 0 Å². The number of benzene rings is 1. The van der Waals surface area contributed by atoms with Gasteiger partial charge in [-0.25, -0.2) is 0 Å². The third-order valence-electron chi connectivity index (χ3n) is 5.90. The van der Waals surface area contributed by atoms with Crippen LogP contribution < -0.4 is 10.1 Å². The van der Waals surface area contributed by atoms with Crippen molar-refractivity contribution in [2.24, 2.45) is 5.92 Å². The first-order valence-electron chi connectivity index (χ1n) is 9.88. The van der Waals surface area contributed by atoms with Gasteiger partial charge in [0.2, 0.25) is 0 Å². The number of rotatable bonds is 5. The first-order valence-corrected chi connectivity index (χ1v) is 9.88. The number of aryl methyl sites for hydroxylation is 3. The first kappa shape index (κ1) is 18.3. The maximum Gasteiger partial charge on any atom is 0.169 e. The summed E-state index contributed by atoms with van der Waals surface area (Å²) < 4.78 is 5.97. The van der Waals surface area contributed by atoms with Crippen LogP contribution in [0.4, 0.5) is 0 Å². The van der Waals surface area contributed by atoms with Crippen molar-refractivity contribution in [3.63, 3.8) is 0 Å². The molecule has 1 saturated carbocycles. The quantitative estimate of drug-likeness (QED) is 0.759. The highest BCUT2D eigenvalue weighted by Gasteiger charge is 2.37. The molecule has 1 fully saturated rings. The number of aliphatic hydroxyl groups is 1. The highest BCUT2D eigenvalue weighted by molar-refractivity contribution is 6.00. The van der Waals surface area contributed by atoms with Gasteiger partial charge in [0.15, 0.2) is 5.78 Å². The van der Waals surface area contributed by atoms with Crippen LogP contribution in [0.5, 0.6) is 5.75 Å². The van der Waals surface area contributed by atoms with E-state index in [0.29, 0.717) is 6.54 Å². The molecule has 5 nitrogen and oxygen atoms in total. The lowest BCUT2D eigenvalue weighted by Crippen LogP contribution is -2.44. The zero-order valence-electron chi connectivity index (χ0n) is 16.0. The highest BCUT2D eigenvalue weighted by Crippen LogP contribution is 2.28. The van der Waals surface area contributed by atoms with Crippen molar-refractivity contribution < 1.29 is 14.6 Å². The number of carbonyl (C=O) groups excluding carboxylic acids is 1.